The number of methoxy groups -OCH3 is 1. The Bertz CT molecular complexity index is 857. The molecule has 0 atom stereocenters. The van der Waals surface area contributed by atoms with Gasteiger partial charge in [-0.15, -0.1) is 0 Å². The van der Waals surface area contributed by atoms with Crippen LogP contribution in [0.25, 0.3) is 0 Å². The van der Waals surface area contributed by atoms with Crippen LogP contribution in [0.4, 0.5) is 11.4 Å². The van der Waals surface area contributed by atoms with Gasteiger partial charge in [0.05, 0.1) is 24.9 Å². The molecule has 27 heavy (non-hydrogen) atoms. The molecule has 0 spiro atoms. The minimum absolute atomic E-state index is 0.0680. The lowest BCUT2D eigenvalue weighted by atomic mass is 10.1. The summed E-state index contributed by atoms with van der Waals surface area (Å²) in [6.07, 6.45) is 2.14. The van der Waals surface area contributed by atoms with Gasteiger partial charge in [-0.1, -0.05) is 0 Å². The number of anilines is 2. The maximum atomic E-state index is 12.6. The smallest absolute Gasteiger partial charge is 0.337 e. The monoisotopic (exact) mass is 366 g/mol. The number of carbonyl (C=O) groups is 2. The summed E-state index contributed by atoms with van der Waals surface area (Å²) in [5, 5.41) is 0. The quantitative estimate of drug-likeness (QED) is 0.781. The second kappa shape index (κ2) is 7.31. The van der Waals surface area contributed by atoms with Crippen LogP contribution >= 0.6 is 0 Å². The summed E-state index contributed by atoms with van der Waals surface area (Å²) in [4.78, 5) is 28.3. The molecule has 0 N–H and O–H groups in total. The van der Waals surface area contributed by atoms with Crippen molar-refractivity contribution in [3.63, 3.8) is 0 Å². The van der Waals surface area contributed by atoms with Crippen molar-refractivity contribution in [1.82, 2.24) is 4.90 Å². The second-order valence-electron chi connectivity index (χ2n) is 6.72. The van der Waals surface area contributed by atoms with E-state index >= 15 is 0 Å². The topological polar surface area (TPSA) is 59.1 Å². The van der Waals surface area contributed by atoms with Crippen LogP contribution in [0.1, 0.15) is 33.6 Å². The molecule has 0 unspecified atom stereocenters. The van der Waals surface area contributed by atoms with Gasteiger partial charge in [-0.25, -0.2) is 4.79 Å². The fraction of sp³-hybridized carbons (Fsp3) is 0.333. The zero-order valence-corrected chi connectivity index (χ0v) is 15.3. The maximum absolute atomic E-state index is 12.6. The first kappa shape index (κ1) is 17.4. The van der Waals surface area contributed by atoms with Crippen LogP contribution in [0.15, 0.2) is 42.5 Å². The molecule has 2 heterocycles. The Kier molecular flexibility index (Phi) is 4.71. The van der Waals surface area contributed by atoms with Crippen LogP contribution in [0.5, 0.6) is 5.75 Å². The van der Waals surface area contributed by atoms with Gasteiger partial charge < -0.3 is 19.3 Å². The third-order valence-corrected chi connectivity index (χ3v) is 5.06. The predicted octanol–water partition coefficient (Wildman–Crippen LogP) is 3.24. The summed E-state index contributed by atoms with van der Waals surface area (Å²) >= 11 is 0. The fourth-order valence-corrected chi connectivity index (χ4v) is 3.62. The van der Waals surface area contributed by atoms with Crippen molar-refractivity contribution in [3.05, 3.63) is 53.6 Å². The van der Waals surface area contributed by atoms with E-state index in [0.29, 0.717) is 30.0 Å². The Morgan fingerprint density at radius 1 is 0.963 bits per heavy atom. The maximum Gasteiger partial charge on any atom is 0.337 e. The van der Waals surface area contributed by atoms with Gasteiger partial charge in [-0.3, -0.25) is 4.79 Å². The van der Waals surface area contributed by atoms with Crippen LogP contribution in [0.2, 0.25) is 0 Å². The summed E-state index contributed by atoms with van der Waals surface area (Å²) in [5.41, 5.74) is 3.07. The number of carbonyl (C=O) groups excluding carboxylic acids is 2. The number of amides is 1. The highest BCUT2D eigenvalue weighted by molar-refractivity contribution is 5.96. The summed E-state index contributed by atoms with van der Waals surface area (Å²) in [6.45, 7) is 2.89. The first-order valence-electron chi connectivity index (χ1n) is 9.19. The predicted molar refractivity (Wildman–Crippen MR) is 102 cm³/mol. The Morgan fingerprint density at radius 2 is 1.67 bits per heavy atom. The average molecular weight is 366 g/mol. The zero-order valence-electron chi connectivity index (χ0n) is 15.3. The van der Waals surface area contributed by atoms with Crippen molar-refractivity contribution >= 4 is 23.3 Å². The van der Waals surface area contributed by atoms with E-state index < -0.39 is 0 Å². The molecule has 0 radical (unpaired) electrons. The van der Waals surface area contributed by atoms with E-state index in [-0.39, 0.29) is 11.9 Å². The molecule has 4 rings (SSSR count). The van der Waals surface area contributed by atoms with E-state index in [9.17, 15) is 9.59 Å². The first-order chi connectivity index (χ1) is 13.2. The Hall–Kier alpha value is -3.02. The largest absolute Gasteiger partial charge is 0.490 e. The van der Waals surface area contributed by atoms with E-state index in [4.69, 9.17) is 9.47 Å². The standard InChI is InChI=1S/C21H22N2O4/c1-26-21(25)15-4-7-17(8-5-15)23-12-13-27-19-14-16(6-9-18(19)23)20(24)22-10-2-3-11-22/h4-9,14H,2-3,10-13H2,1H3. The third kappa shape index (κ3) is 3.35. The van der Waals surface area contributed by atoms with Gasteiger partial charge in [-0.2, -0.15) is 0 Å². The van der Waals surface area contributed by atoms with Crippen LogP contribution in [0, 0.1) is 0 Å². The molecule has 2 aromatic rings. The molecule has 0 bridgehead atoms. The van der Waals surface area contributed by atoms with Crippen molar-refractivity contribution in [2.45, 2.75) is 12.8 Å². The minimum Gasteiger partial charge on any atom is -0.490 e. The zero-order chi connectivity index (χ0) is 18.8. The van der Waals surface area contributed by atoms with Crippen molar-refractivity contribution in [1.29, 1.82) is 0 Å². The fourth-order valence-electron chi connectivity index (χ4n) is 3.62. The number of hydrogen-bond donors (Lipinski definition) is 0. The number of fused-ring (bicyclic) bond motifs is 1. The Labute approximate surface area is 158 Å². The highest BCUT2D eigenvalue weighted by atomic mass is 16.5. The summed E-state index contributed by atoms with van der Waals surface area (Å²) < 4.78 is 10.6. The lowest BCUT2D eigenvalue weighted by Gasteiger charge is -2.31. The van der Waals surface area contributed by atoms with Crippen LogP contribution in [-0.2, 0) is 4.74 Å². The number of ether oxygens (including phenoxy) is 2. The molecule has 0 aromatic heterocycles. The van der Waals surface area contributed by atoms with Crippen LogP contribution in [0.3, 0.4) is 0 Å². The van der Waals surface area contributed by atoms with Crippen molar-refractivity contribution in [2.75, 3.05) is 38.3 Å². The number of esters is 1. The van der Waals surface area contributed by atoms with E-state index in [0.717, 1.165) is 37.3 Å². The van der Waals surface area contributed by atoms with Crippen molar-refractivity contribution in [2.24, 2.45) is 0 Å². The molecule has 0 aliphatic carbocycles. The molecule has 6 heteroatoms. The number of rotatable bonds is 3. The molecule has 2 aliphatic rings. The van der Waals surface area contributed by atoms with Gasteiger partial charge in [0, 0.05) is 24.3 Å². The molecular formula is C21H22N2O4. The molecule has 1 fully saturated rings. The molecule has 140 valence electrons. The van der Waals surface area contributed by atoms with E-state index in [1.807, 2.05) is 35.2 Å². The molecule has 2 aromatic carbocycles. The minimum atomic E-state index is -0.353. The summed E-state index contributed by atoms with van der Waals surface area (Å²) in [5.74, 6) is 0.427. The molecule has 1 saturated heterocycles. The van der Waals surface area contributed by atoms with E-state index in [1.165, 1.54) is 7.11 Å². The third-order valence-electron chi connectivity index (χ3n) is 5.06. The Morgan fingerprint density at radius 3 is 2.37 bits per heavy atom. The van der Waals surface area contributed by atoms with Crippen molar-refractivity contribution in [3.8, 4) is 5.75 Å². The molecule has 2 aliphatic heterocycles. The highest BCUT2D eigenvalue weighted by Gasteiger charge is 2.24. The second-order valence-corrected chi connectivity index (χ2v) is 6.72. The van der Waals surface area contributed by atoms with Gasteiger partial charge >= 0.3 is 5.97 Å². The number of hydrogen-bond acceptors (Lipinski definition) is 5. The van der Waals surface area contributed by atoms with Crippen LogP contribution < -0.4 is 9.64 Å². The normalized spacial score (nSPS) is 15.9. The number of likely N-dealkylation sites (tertiary alicyclic amines) is 1. The number of nitrogens with zero attached hydrogens (tertiary/aromatic N) is 2. The summed E-state index contributed by atoms with van der Waals surface area (Å²) in [7, 11) is 1.37. The highest BCUT2D eigenvalue weighted by Crippen LogP contribution is 2.37. The van der Waals surface area contributed by atoms with Gasteiger partial charge in [0.1, 0.15) is 12.4 Å². The van der Waals surface area contributed by atoms with E-state index in [1.54, 1.807) is 12.1 Å². The van der Waals surface area contributed by atoms with Crippen LogP contribution in [-0.4, -0.2) is 50.1 Å². The molecular weight excluding hydrogens is 344 g/mol. The SMILES string of the molecule is COC(=O)c1ccc(N2CCOc3cc(C(=O)N4CCCC4)ccc32)cc1. The molecule has 1 amide bonds. The number of benzene rings is 2. The average Bonchev–Trinajstić information content (AvgIpc) is 3.27. The van der Waals surface area contributed by atoms with Gasteiger partial charge in [0.15, 0.2) is 0 Å². The first-order valence-corrected chi connectivity index (χ1v) is 9.19. The molecule has 6 nitrogen and oxygen atoms in total. The Balaban J connectivity index is 1.60. The lowest BCUT2D eigenvalue weighted by molar-refractivity contribution is 0.0600. The van der Waals surface area contributed by atoms with Gasteiger partial charge in [0.2, 0.25) is 0 Å². The van der Waals surface area contributed by atoms with E-state index in [2.05, 4.69) is 4.90 Å². The molecule has 0 saturated carbocycles. The van der Waals surface area contributed by atoms with Crippen molar-refractivity contribution < 1.29 is 19.1 Å². The summed E-state index contributed by atoms with van der Waals surface area (Å²) in [6, 6.07) is 12.9. The van der Waals surface area contributed by atoms with Gasteiger partial charge in [0.25, 0.3) is 5.91 Å². The van der Waals surface area contributed by atoms with Gasteiger partial charge in [-0.05, 0) is 55.3 Å². The lowest BCUT2D eigenvalue weighted by Crippen LogP contribution is -2.30.